The van der Waals surface area contributed by atoms with Crippen LogP contribution in [0.4, 0.5) is 0 Å². The number of benzene rings is 1. The summed E-state index contributed by atoms with van der Waals surface area (Å²) in [7, 11) is 0. The number of hydrogen-bond acceptors (Lipinski definition) is 3. The van der Waals surface area contributed by atoms with Crippen molar-refractivity contribution in [2.45, 2.75) is 26.8 Å². The van der Waals surface area contributed by atoms with E-state index in [0.29, 0.717) is 11.1 Å². The van der Waals surface area contributed by atoms with Crippen molar-refractivity contribution in [1.29, 1.82) is 5.26 Å². The predicted octanol–water partition coefficient (Wildman–Crippen LogP) is 2.54. The van der Waals surface area contributed by atoms with Gasteiger partial charge in [0, 0.05) is 5.56 Å². The van der Waals surface area contributed by atoms with Gasteiger partial charge < -0.3 is 5.73 Å². The van der Waals surface area contributed by atoms with Gasteiger partial charge in [-0.15, -0.1) is 12.4 Å². The summed E-state index contributed by atoms with van der Waals surface area (Å²) in [6, 6.07) is 8.03. The van der Waals surface area contributed by atoms with Crippen LogP contribution in [0, 0.1) is 16.7 Å². The van der Waals surface area contributed by atoms with Crippen LogP contribution in [0.3, 0.4) is 0 Å². The summed E-state index contributed by atoms with van der Waals surface area (Å²) in [5.74, 6) is -0.0861. The number of nitrogens with zero attached hydrogens (tertiary/aromatic N) is 1. The molecule has 0 spiro atoms. The molecule has 0 aliphatic carbocycles. The average molecular weight is 253 g/mol. The number of hydrogen-bond donors (Lipinski definition) is 1. The van der Waals surface area contributed by atoms with Gasteiger partial charge in [-0.3, -0.25) is 4.79 Å². The molecule has 1 aromatic carbocycles. The highest BCUT2D eigenvalue weighted by Gasteiger charge is 2.27. The molecule has 0 fully saturated rings. The molecule has 2 N–H and O–H groups in total. The zero-order valence-corrected chi connectivity index (χ0v) is 11.0. The number of Topliss-reactive ketones (excluding diaryl/α,β-unsaturated/α-hetero) is 1. The van der Waals surface area contributed by atoms with E-state index < -0.39 is 6.04 Å². The van der Waals surface area contributed by atoms with Crippen LogP contribution in [-0.4, -0.2) is 11.8 Å². The lowest BCUT2D eigenvalue weighted by molar-refractivity contribution is 0.0901. The Bertz CT molecular complexity index is 426. The van der Waals surface area contributed by atoms with E-state index in [1.807, 2.05) is 26.8 Å². The largest absolute Gasteiger partial charge is 0.321 e. The monoisotopic (exact) mass is 252 g/mol. The van der Waals surface area contributed by atoms with E-state index in [1.165, 1.54) is 0 Å². The Morgan fingerprint density at radius 1 is 1.29 bits per heavy atom. The lowest BCUT2D eigenvalue weighted by Gasteiger charge is -2.25. The third-order valence-corrected chi connectivity index (χ3v) is 2.51. The molecule has 1 rings (SSSR count). The SMILES string of the molecule is CC(C)(C)[C@H](N)C(=O)c1ccc(C#N)cc1.Cl. The van der Waals surface area contributed by atoms with Gasteiger partial charge in [0.25, 0.3) is 0 Å². The third-order valence-electron chi connectivity index (χ3n) is 2.51. The Hall–Kier alpha value is -1.37. The zero-order valence-electron chi connectivity index (χ0n) is 10.2. The van der Waals surface area contributed by atoms with Crippen LogP contribution in [0.25, 0.3) is 0 Å². The van der Waals surface area contributed by atoms with E-state index in [2.05, 4.69) is 0 Å². The first-order chi connectivity index (χ1) is 7.36. The van der Waals surface area contributed by atoms with Gasteiger partial charge in [0.1, 0.15) is 0 Å². The van der Waals surface area contributed by atoms with E-state index >= 15 is 0 Å². The molecular weight excluding hydrogens is 236 g/mol. The molecule has 0 aliphatic rings. The Balaban J connectivity index is 0.00000256. The first-order valence-electron chi connectivity index (χ1n) is 5.16. The molecule has 3 nitrogen and oxygen atoms in total. The zero-order chi connectivity index (χ0) is 12.3. The van der Waals surface area contributed by atoms with Gasteiger partial charge in [0.2, 0.25) is 0 Å². The van der Waals surface area contributed by atoms with E-state index in [1.54, 1.807) is 24.3 Å². The molecule has 0 heterocycles. The van der Waals surface area contributed by atoms with Crippen LogP contribution in [0.2, 0.25) is 0 Å². The van der Waals surface area contributed by atoms with Crippen molar-refractivity contribution in [3.05, 3.63) is 35.4 Å². The molecule has 0 radical (unpaired) electrons. The van der Waals surface area contributed by atoms with Crippen LogP contribution < -0.4 is 5.73 Å². The molecular formula is C13H17ClN2O. The molecule has 0 saturated carbocycles. The van der Waals surface area contributed by atoms with Crippen molar-refractivity contribution < 1.29 is 4.79 Å². The first kappa shape index (κ1) is 15.6. The second-order valence-electron chi connectivity index (χ2n) is 4.90. The van der Waals surface area contributed by atoms with Crippen LogP contribution in [0.1, 0.15) is 36.7 Å². The number of carbonyl (C=O) groups is 1. The number of rotatable bonds is 2. The Morgan fingerprint density at radius 3 is 2.12 bits per heavy atom. The van der Waals surface area contributed by atoms with E-state index in [0.717, 1.165) is 0 Å². The highest BCUT2D eigenvalue weighted by molar-refractivity contribution is 6.00. The summed E-state index contributed by atoms with van der Waals surface area (Å²) >= 11 is 0. The minimum absolute atomic E-state index is 0. The molecule has 1 aromatic rings. The molecule has 0 aromatic heterocycles. The molecule has 4 heteroatoms. The summed E-state index contributed by atoms with van der Waals surface area (Å²) in [4.78, 5) is 12.0. The number of nitriles is 1. The van der Waals surface area contributed by atoms with Crippen molar-refractivity contribution in [1.82, 2.24) is 0 Å². The second kappa shape index (κ2) is 5.81. The minimum Gasteiger partial charge on any atom is -0.321 e. The summed E-state index contributed by atoms with van der Waals surface area (Å²) < 4.78 is 0. The van der Waals surface area contributed by atoms with Gasteiger partial charge in [0.15, 0.2) is 5.78 Å². The van der Waals surface area contributed by atoms with Crippen LogP contribution in [0.5, 0.6) is 0 Å². The molecule has 92 valence electrons. The molecule has 0 unspecified atom stereocenters. The third kappa shape index (κ3) is 3.85. The number of halogens is 1. The quantitative estimate of drug-likeness (QED) is 0.823. The molecule has 0 aliphatic heterocycles. The number of ketones is 1. The normalized spacial score (nSPS) is 12.2. The lowest BCUT2D eigenvalue weighted by atomic mass is 9.83. The van der Waals surface area contributed by atoms with E-state index in [4.69, 9.17) is 11.0 Å². The molecule has 0 bridgehead atoms. The standard InChI is InChI=1S/C13H16N2O.ClH/c1-13(2,3)12(15)11(16)10-6-4-9(8-14)5-7-10;/h4-7,12H,15H2,1-3H3;1H/t12-;/m1./s1. The van der Waals surface area contributed by atoms with Gasteiger partial charge >= 0.3 is 0 Å². The highest BCUT2D eigenvalue weighted by atomic mass is 35.5. The fourth-order valence-electron chi connectivity index (χ4n) is 1.28. The van der Waals surface area contributed by atoms with Crippen LogP contribution in [-0.2, 0) is 0 Å². The summed E-state index contributed by atoms with van der Waals surface area (Å²) in [6.07, 6.45) is 0. The van der Waals surface area contributed by atoms with Crippen molar-refractivity contribution in [3.63, 3.8) is 0 Å². The van der Waals surface area contributed by atoms with Crippen LogP contribution in [0.15, 0.2) is 24.3 Å². The lowest BCUT2D eigenvalue weighted by Crippen LogP contribution is -2.42. The van der Waals surface area contributed by atoms with Gasteiger partial charge in [-0.25, -0.2) is 0 Å². The summed E-state index contributed by atoms with van der Waals surface area (Å²) in [6.45, 7) is 5.79. The maximum Gasteiger partial charge on any atom is 0.180 e. The van der Waals surface area contributed by atoms with Crippen molar-refractivity contribution in [2.75, 3.05) is 0 Å². The molecule has 0 saturated heterocycles. The van der Waals surface area contributed by atoms with Gasteiger partial charge in [-0.05, 0) is 17.5 Å². The van der Waals surface area contributed by atoms with Gasteiger partial charge in [0.05, 0.1) is 17.7 Å². The van der Waals surface area contributed by atoms with Crippen LogP contribution >= 0.6 is 12.4 Å². The second-order valence-corrected chi connectivity index (χ2v) is 4.90. The van der Waals surface area contributed by atoms with E-state index in [9.17, 15) is 4.79 Å². The smallest absolute Gasteiger partial charge is 0.180 e. The Morgan fingerprint density at radius 2 is 1.76 bits per heavy atom. The number of carbonyl (C=O) groups excluding carboxylic acids is 1. The average Bonchev–Trinajstić information content (AvgIpc) is 2.26. The van der Waals surface area contributed by atoms with Crippen molar-refractivity contribution >= 4 is 18.2 Å². The van der Waals surface area contributed by atoms with Gasteiger partial charge in [-0.2, -0.15) is 5.26 Å². The van der Waals surface area contributed by atoms with E-state index in [-0.39, 0.29) is 23.6 Å². The summed E-state index contributed by atoms with van der Waals surface area (Å²) in [5.41, 5.74) is 6.72. The van der Waals surface area contributed by atoms with Gasteiger partial charge in [-0.1, -0.05) is 32.9 Å². The van der Waals surface area contributed by atoms with Crippen molar-refractivity contribution in [2.24, 2.45) is 11.1 Å². The maximum absolute atomic E-state index is 12.0. The highest BCUT2D eigenvalue weighted by Crippen LogP contribution is 2.20. The summed E-state index contributed by atoms with van der Waals surface area (Å²) in [5, 5.41) is 8.65. The topological polar surface area (TPSA) is 66.9 Å². The minimum atomic E-state index is -0.527. The van der Waals surface area contributed by atoms with Crippen molar-refractivity contribution in [3.8, 4) is 6.07 Å². The number of nitrogens with two attached hydrogens (primary N) is 1. The molecule has 17 heavy (non-hydrogen) atoms. The fraction of sp³-hybridized carbons (Fsp3) is 0.385. The molecule has 0 amide bonds. The Labute approximate surface area is 108 Å². The Kier molecular flexibility index (Phi) is 5.34. The first-order valence-corrected chi connectivity index (χ1v) is 5.16. The predicted molar refractivity (Wildman–Crippen MR) is 70.2 cm³/mol. The molecule has 1 atom stereocenters. The maximum atomic E-state index is 12.0. The fourth-order valence-corrected chi connectivity index (χ4v) is 1.28.